The Kier molecular flexibility index (Phi) is 5.19. The summed E-state index contributed by atoms with van der Waals surface area (Å²) in [5.41, 5.74) is 3.30. The molecule has 3 aromatic rings. The molecule has 1 aromatic carbocycles. The number of hydrazone groups is 1. The molecule has 8 heteroatoms. The van der Waals surface area contributed by atoms with E-state index >= 15 is 0 Å². The zero-order valence-corrected chi connectivity index (χ0v) is 17.6. The van der Waals surface area contributed by atoms with Crippen LogP contribution < -0.4 is 5.56 Å². The molecule has 5 rings (SSSR count). The molecule has 2 aliphatic rings. The molecule has 1 aliphatic heterocycles. The molecule has 0 N–H and O–H groups in total. The molecule has 0 fully saturated rings. The number of aromatic nitrogens is 2. The molecule has 0 saturated heterocycles. The molecule has 7 nitrogen and oxygen atoms in total. The Morgan fingerprint density at radius 2 is 1.97 bits per heavy atom. The first-order chi connectivity index (χ1) is 15.1. The van der Waals surface area contributed by atoms with Crippen molar-refractivity contribution in [1.82, 2.24) is 14.8 Å². The van der Waals surface area contributed by atoms with Gasteiger partial charge in [-0.2, -0.15) is 10.2 Å². The summed E-state index contributed by atoms with van der Waals surface area (Å²) in [6, 6.07) is 12.2. The fraction of sp³-hybridized carbons (Fsp3) is 0.304. The second-order valence-electron chi connectivity index (χ2n) is 7.85. The Labute approximate surface area is 183 Å². The minimum Gasteiger partial charge on any atom is -0.467 e. The van der Waals surface area contributed by atoms with Crippen LogP contribution in [0.5, 0.6) is 0 Å². The SMILES string of the molecule is O=C(Cn1nc2c(cc1=O)CCCC2)N1N=C(c2ccc(Cl)cc2)C[C@H]1c1ccco1. The lowest BCUT2D eigenvalue weighted by molar-refractivity contribution is -0.134. The van der Waals surface area contributed by atoms with Gasteiger partial charge in [-0.05, 0) is 61.1 Å². The highest BCUT2D eigenvalue weighted by molar-refractivity contribution is 6.30. The first-order valence-electron chi connectivity index (χ1n) is 10.4. The largest absolute Gasteiger partial charge is 0.467 e. The van der Waals surface area contributed by atoms with E-state index in [1.54, 1.807) is 30.5 Å². The Balaban J connectivity index is 1.45. The maximum absolute atomic E-state index is 13.2. The van der Waals surface area contributed by atoms with Crippen LogP contribution in [-0.2, 0) is 24.2 Å². The molecule has 0 saturated carbocycles. The Bertz CT molecular complexity index is 1200. The van der Waals surface area contributed by atoms with Gasteiger partial charge < -0.3 is 4.42 Å². The van der Waals surface area contributed by atoms with Gasteiger partial charge in [0.2, 0.25) is 0 Å². The van der Waals surface area contributed by atoms with E-state index in [1.807, 2.05) is 18.2 Å². The van der Waals surface area contributed by atoms with Gasteiger partial charge in [-0.15, -0.1) is 0 Å². The van der Waals surface area contributed by atoms with Crippen molar-refractivity contribution in [3.63, 3.8) is 0 Å². The fourth-order valence-corrected chi connectivity index (χ4v) is 4.30. The number of carbonyl (C=O) groups is 1. The van der Waals surface area contributed by atoms with Gasteiger partial charge in [-0.1, -0.05) is 23.7 Å². The zero-order chi connectivity index (χ0) is 21.4. The predicted octanol–water partition coefficient (Wildman–Crippen LogP) is 3.75. The topological polar surface area (TPSA) is 80.7 Å². The molecule has 0 radical (unpaired) electrons. The molecular formula is C23H21ClN4O3. The monoisotopic (exact) mass is 436 g/mol. The minimum atomic E-state index is -0.374. The quantitative estimate of drug-likeness (QED) is 0.623. The van der Waals surface area contributed by atoms with Crippen LogP contribution in [0.1, 0.15) is 47.9 Å². The standard InChI is InChI=1S/C23H21ClN4O3/c24-17-9-7-15(8-10-17)19-13-20(21-6-3-11-31-21)28(26-19)23(30)14-27-22(29)12-16-4-1-2-5-18(16)25-27/h3,6-12,20H,1-2,4-5,13-14H2/t20-/m0/s1. The van der Waals surface area contributed by atoms with Crippen molar-refractivity contribution in [2.75, 3.05) is 0 Å². The normalized spacial score (nSPS) is 18.0. The molecule has 1 amide bonds. The van der Waals surface area contributed by atoms with Gasteiger partial charge in [0.1, 0.15) is 18.3 Å². The smallest absolute Gasteiger partial charge is 0.267 e. The lowest BCUT2D eigenvalue weighted by Gasteiger charge is -2.21. The average Bonchev–Trinajstić information content (AvgIpc) is 3.45. The van der Waals surface area contributed by atoms with Crippen molar-refractivity contribution in [2.24, 2.45) is 5.10 Å². The third kappa shape index (κ3) is 3.93. The number of nitrogens with zero attached hydrogens (tertiary/aromatic N) is 4. The van der Waals surface area contributed by atoms with Gasteiger partial charge >= 0.3 is 0 Å². The second-order valence-corrected chi connectivity index (χ2v) is 8.28. The number of halogens is 1. The van der Waals surface area contributed by atoms with E-state index in [2.05, 4.69) is 10.2 Å². The van der Waals surface area contributed by atoms with Crippen LogP contribution in [0.25, 0.3) is 0 Å². The van der Waals surface area contributed by atoms with E-state index in [0.29, 0.717) is 17.2 Å². The Morgan fingerprint density at radius 3 is 2.74 bits per heavy atom. The first-order valence-corrected chi connectivity index (χ1v) is 10.7. The number of aryl methyl sites for hydroxylation is 2. The van der Waals surface area contributed by atoms with E-state index in [4.69, 9.17) is 16.0 Å². The molecule has 0 unspecified atom stereocenters. The van der Waals surface area contributed by atoms with Crippen LogP contribution in [-0.4, -0.2) is 26.4 Å². The van der Waals surface area contributed by atoms with Crippen molar-refractivity contribution in [3.8, 4) is 0 Å². The van der Waals surface area contributed by atoms with Crippen LogP contribution in [0.3, 0.4) is 0 Å². The van der Waals surface area contributed by atoms with Crippen LogP contribution in [0.4, 0.5) is 0 Å². The van der Waals surface area contributed by atoms with E-state index in [0.717, 1.165) is 48.2 Å². The minimum absolute atomic E-state index is 0.166. The summed E-state index contributed by atoms with van der Waals surface area (Å²) in [4.78, 5) is 25.8. The third-order valence-corrected chi connectivity index (χ3v) is 6.03. The van der Waals surface area contributed by atoms with Crippen molar-refractivity contribution in [2.45, 2.75) is 44.7 Å². The van der Waals surface area contributed by atoms with E-state index in [1.165, 1.54) is 9.69 Å². The molecular weight excluding hydrogens is 416 g/mol. The number of amides is 1. The number of benzene rings is 1. The summed E-state index contributed by atoms with van der Waals surface area (Å²) in [5.74, 6) is 0.336. The summed E-state index contributed by atoms with van der Waals surface area (Å²) in [6.07, 6.45) is 5.90. The second kappa shape index (κ2) is 8.15. The number of hydrogen-bond donors (Lipinski definition) is 0. The van der Waals surface area contributed by atoms with Crippen molar-refractivity contribution in [1.29, 1.82) is 0 Å². The van der Waals surface area contributed by atoms with Gasteiger partial charge in [0.25, 0.3) is 11.5 Å². The van der Waals surface area contributed by atoms with Gasteiger partial charge in [-0.3, -0.25) is 9.59 Å². The van der Waals surface area contributed by atoms with Gasteiger partial charge in [0.15, 0.2) is 0 Å². The van der Waals surface area contributed by atoms with Crippen LogP contribution >= 0.6 is 11.6 Å². The Morgan fingerprint density at radius 1 is 1.16 bits per heavy atom. The predicted molar refractivity (Wildman–Crippen MR) is 116 cm³/mol. The molecule has 0 bridgehead atoms. The molecule has 31 heavy (non-hydrogen) atoms. The lowest BCUT2D eigenvalue weighted by Crippen LogP contribution is -2.35. The molecule has 1 aliphatic carbocycles. The molecule has 1 atom stereocenters. The molecule has 2 aromatic heterocycles. The third-order valence-electron chi connectivity index (χ3n) is 5.77. The van der Waals surface area contributed by atoms with E-state index < -0.39 is 0 Å². The molecule has 158 valence electrons. The average molecular weight is 437 g/mol. The number of rotatable bonds is 4. The lowest BCUT2D eigenvalue weighted by atomic mass is 9.97. The highest BCUT2D eigenvalue weighted by Gasteiger charge is 2.35. The van der Waals surface area contributed by atoms with Gasteiger partial charge in [0.05, 0.1) is 17.7 Å². The van der Waals surface area contributed by atoms with Crippen molar-refractivity contribution in [3.05, 3.63) is 86.7 Å². The van der Waals surface area contributed by atoms with Crippen LogP contribution in [0.15, 0.2) is 63.0 Å². The summed E-state index contributed by atoms with van der Waals surface area (Å²) in [7, 11) is 0. The fourth-order valence-electron chi connectivity index (χ4n) is 4.17. The number of furan rings is 1. The number of hydrogen-bond acceptors (Lipinski definition) is 5. The zero-order valence-electron chi connectivity index (χ0n) is 16.8. The summed E-state index contributed by atoms with van der Waals surface area (Å²) >= 11 is 6.00. The first kappa shape index (κ1) is 19.8. The van der Waals surface area contributed by atoms with Crippen molar-refractivity contribution >= 4 is 23.2 Å². The maximum Gasteiger partial charge on any atom is 0.267 e. The van der Waals surface area contributed by atoms with Crippen LogP contribution in [0, 0.1) is 0 Å². The summed E-state index contributed by atoms with van der Waals surface area (Å²) in [5, 5.41) is 11.1. The van der Waals surface area contributed by atoms with Crippen molar-refractivity contribution < 1.29 is 9.21 Å². The highest BCUT2D eigenvalue weighted by atomic mass is 35.5. The van der Waals surface area contributed by atoms with E-state index in [9.17, 15) is 9.59 Å². The Hall–Kier alpha value is -3.19. The molecule has 3 heterocycles. The maximum atomic E-state index is 13.2. The van der Waals surface area contributed by atoms with E-state index in [-0.39, 0.29) is 24.1 Å². The molecule has 0 spiro atoms. The summed E-state index contributed by atoms with van der Waals surface area (Å²) < 4.78 is 6.83. The van der Waals surface area contributed by atoms with Crippen LogP contribution in [0.2, 0.25) is 5.02 Å². The van der Waals surface area contributed by atoms with Gasteiger partial charge in [-0.25, -0.2) is 9.69 Å². The number of carbonyl (C=O) groups excluding carboxylic acids is 1. The van der Waals surface area contributed by atoms with Gasteiger partial charge in [0, 0.05) is 17.5 Å². The summed E-state index contributed by atoms with van der Waals surface area (Å²) in [6.45, 7) is -0.166. The highest BCUT2D eigenvalue weighted by Crippen LogP contribution is 2.33. The number of fused-ring (bicyclic) bond motifs is 1.